The van der Waals surface area contributed by atoms with E-state index in [9.17, 15) is 9.59 Å². The number of allylic oxidation sites excluding steroid dienone is 1. The highest BCUT2D eigenvalue weighted by Crippen LogP contribution is 2.54. The van der Waals surface area contributed by atoms with Gasteiger partial charge in [0.1, 0.15) is 6.61 Å². The second-order valence-corrected chi connectivity index (χ2v) is 9.12. The highest BCUT2D eigenvalue weighted by Gasteiger charge is 2.58. The molecule has 4 aliphatic rings. The maximum atomic E-state index is 13.1. The molecule has 0 saturated carbocycles. The van der Waals surface area contributed by atoms with Gasteiger partial charge in [0.25, 0.3) is 0 Å². The van der Waals surface area contributed by atoms with Gasteiger partial charge in [-0.25, -0.2) is 4.79 Å². The number of hydrogen-bond acceptors (Lipinski definition) is 6. The topological polar surface area (TPSA) is 83.4 Å². The van der Waals surface area contributed by atoms with Gasteiger partial charge in [-0.1, -0.05) is 44.2 Å². The van der Waals surface area contributed by atoms with Gasteiger partial charge in [0.15, 0.2) is 11.6 Å². The average Bonchev–Trinajstić information content (AvgIpc) is 3.11. The summed E-state index contributed by atoms with van der Waals surface area (Å²) in [6.07, 6.45) is 0.961. The van der Waals surface area contributed by atoms with Crippen LogP contribution >= 0.6 is 0 Å². The van der Waals surface area contributed by atoms with Crippen molar-refractivity contribution >= 4 is 11.9 Å². The molecule has 3 heterocycles. The van der Waals surface area contributed by atoms with Gasteiger partial charge in [0, 0.05) is 36.4 Å². The molecule has 29 heavy (non-hydrogen) atoms. The fourth-order valence-corrected chi connectivity index (χ4v) is 4.96. The van der Waals surface area contributed by atoms with Crippen LogP contribution in [0, 0.1) is 10.8 Å². The van der Waals surface area contributed by atoms with Gasteiger partial charge in [0.05, 0.1) is 12.0 Å². The average molecular weight is 392 g/mol. The van der Waals surface area contributed by atoms with Crippen molar-refractivity contribution in [1.82, 2.24) is 10.2 Å². The Morgan fingerprint density at radius 3 is 2.72 bits per heavy atom. The van der Waals surface area contributed by atoms with Crippen molar-refractivity contribution in [2.24, 2.45) is 21.1 Å². The van der Waals surface area contributed by atoms with Gasteiger partial charge >= 0.3 is 6.09 Å². The molecule has 0 radical (unpaired) electrons. The zero-order valence-electron chi connectivity index (χ0n) is 16.7. The summed E-state index contributed by atoms with van der Waals surface area (Å²) in [6.45, 7) is 5.82. The molecule has 7 heteroatoms. The number of nitrogens with one attached hydrogen (secondary N) is 1. The van der Waals surface area contributed by atoms with Crippen LogP contribution in [0.1, 0.15) is 32.3 Å². The summed E-state index contributed by atoms with van der Waals surface area (Å²) >= 11 is 0. The van der Waals surface area contributed by atoms with Crippen molar-refractivity contribution in [2.75, 3.05) is 19.6 Å². The number of amides is 1. The van der Waals surface area contributed by atoms with Crippen LogP contribution in [0.25, 0.3) is 0 Å². The number of rotatable bonds is 2. The Balaban J connectivity index is 1.37. The first-order chi connectivity index (χ1) is 13.9. The number of dihydropyridines is 1. The zero-order chi connectivity index (χ0) is 20.2. The van der Waals surface area contributed by atoms with Gasteiger partial charge in [0.2, 0.25) is 0 Å². The lowest BCUT2D eigenvalue weighted by Gasteiger charge is -2.54. The van der Waals surface area contributed by atoms with Crippen molar-refractivity contribution in [3.8, 4) is 0 Å². The van der Waals surface area contributed by atoms with Crippen LogP contribution in [-0.4, -0.2) is 36.4 Å². The number of Topliss-reactive ketones (excluding diaryl/α,β-unsaturated/α-hetero) is 1. The fraction of sp³-hybridized carbons (Fsp3) is 0.455. The molecule has 3 aliphatic heterocycles. The van der Waals surface area contributed by atoms with Crippen molar-refractivity contribution < 1.29 is 14.3 Å². The highest BCUT2D eigenvalue weighted by atomic mass is 16.6. The molecule has 1 spiro atoms. The molecule has 0 unspecified atom stereocenters. The summed E-state index contributed by atoms with van der Waals surface area (Å²) in [7, 11) is 0. The number of nitrogens with zero attached hydrogens (tertiary/aromatic N) is 3. The van der Waals surface area contributed by atoms with Crippen LogP contribution < -0.4 is 5.32 Å². The van der Waals surface area contributed by atoms with E-state index in [0.717, 1.165) is 34.6 Å². The third kappa shape index (κ3) is 2.87. The largest absolute Gasteiger partial charge is 0.445 e. The lowest BCUT2D eigenvalue weighted by molar-refractivity contribution is -0.120. The molecule has 1 aromatic carbocycles. The maximum Gasteiger partial charge on any atom is 0.410 e. The highest BCUT2D eigenvalue weighted by molar-refractivity contribution is 6.00. The Bertz CT molecular complexity index is 985. The first-order valence-corrected chi connectivity index (χ1v) is 9.99. The second-order valence-electron chi connectivity index (χ2n) is 9.12. The van der Waals surface area contributed by atoms with Gasteiger partial charge in [-0.3, -0.25) is 4.79 Å². The van der Waals surface area contributed by atoms with E-state index in [-0.39, 0.29) is 23.9 Å². The summed E-state index contributed by atoms with van der Waals surface area (Å²) < 4.78 is 5.48. The molecule has 7 nitrogen and oxygen atoms in total. The molecule has 1 aliphatic carbocycles. The lowest BCUT2D eigenvalue weighted by Crippen LogP contribution is -2.64. The molecule has 1 fully saturated rings. The summed E-state index contributed by atoms with van der Waals surface area (Å²) in [6, 6.07) is 9.62. The van der Waals surface area contributed by atoms with E-state index < -0.39 is 5.41 Å². The number of carbonyl (C=O) groups is 2. The smallest absolute Gasteiger partial charge is 0.410 e. The third-order valence-corrected chi connectivity index (χ3v) is 6.27. The van der Waals surface area contributed by atoms with Gasteiger partial charge in [-0.15, -0.1) is 5.11 Å². The summed E-state index contributed by atoms with van der Waals surface area (Å²) in [5, 5.41) is 11.8. The molecule has 5 rings (SSSR count). The summed E-state index contributed by atoms with van der Waals surface area (Å²) in [5.41, 5.74) is 3.19. The Morgan fingerprint density at radius 2 is 1.97 bits per heavy atom. The molecule has 1 saturated heterocycles. The number of azo groups is 1. The van der Waals surface area contributed by atoms with E-state index >= 15 is 0 Å². The number of likely N-dealkylation sites (tertiary alicyclic amines) is 1. The minimum absolute atomic E-state index is 0.0873. The molecular weight excluding hydrogens is 368 g/mol. The minimum Gasteiger partial charge on any atom is -0.445 e. The minimum atomic E-state index is -0.473. The van der Waals surface area contributed by atoms with Gasteiger partial charge in [-0.05, 0) is 17.4 Å². The van der Waals surface area contributed by atoms with Gasteiger partial charge in [-0.2, -0.15) is 5.11 Å². The Kier molecular flexibility index (Phi) is 3.91. The zero-order valence-corrected chi connectivity index (χ0v) is 16.7. The predicted molar refractivity (Wildman–Crippen MR) is 106 cm³/mol. The molecule has 150 valence electrons. The van der Waals surface area contributed by atoms with E-state index in [4.69, 9.17) is 4.74 Å². The molecular formula is C22H24N4O3. The molecule has 1 N–H and O–H groups in total. The van der Waals surface area contributed by atoms with Crippen molar-refractivity contribution in [3.05, 3.63) is 58.6 Å². The maximum absolute atomic E-state index is 13.1. The van der Waals surface area contributed by atoms with Crippen LogP contribution in [-0.2, 0) is 16.1 Å². The molecule has 1 aromatic rings. The Morgan fingerprint density at radius 1 is 1.21 bits per heavy atom. The van der Waals surface area contributed by atoms with Crippen LogP contribution in [0.4, 0.5) is 4.79 Å². The van der Waals surface area contributed by atoms with Crippen molar-refractivity contribution in [3.63, 3.8) is 0 Å². The normalized spacial score (nSPS) is 23.5. The first-order valence-electron chi connectivity index (χ1n) is 9.99. The van der Waals surface area contributed by atoms with E-state index in [1.807, 2.05) is 30.3 Å². The first kappa shape index (κ1) is 18.1. The molecule has 0 atom stereocenters. The summed E-state index contributed by atoms with van der Waals surface area (Å²) in [5.74, 6) is 0.922. The number of ketones is 1. The van der Waals surface area contributed by atoms with Crippen LogP contribution in [0.5, 0.6) is 0 Å². The summed E-state index contributed by atoms with van der Waals surface area (Å²) in [4.78, 5) is 27.4. The fourth-order valence-electron chi connectivity index (χ4n) is 4.96. The van der Waals surface area contributed by atoms with Crippen LogP contribution in [0.2, 0.25) is 0 Å². The number of ether oxygens (including phenoxy) is 1. The molecule has 1 amide bonds. The Hall–Kier alpha value is -2.96. The second kappa shape index (κ2) is 6.27. The van der Waals surface area contributed by atoms with E-state index in [1.165, 1.54) is 0 Å². The lowest BCUT2D eigenvalue weighted by atomic mass is 9.60. The Labute approximate surface area is 169 Å². The SMILES string of the molecule is CC1(C)CC(=O)C2=C(C1)NC1=C(CN=N1)C21CN(C(=O)OCc2ccccc2)C1. The van der Waals surface area contributed by atoms with Crippen LogP contribution in [0.3, 0.4) is 0 Å². The van der Waals surface area contributed by atoms with Crippen molar-refractivity contribution in [2.45, 2.75) is 33.3 Å². The van der Waals surface area contributed by atoms with Crippen molar-refractivity contribution in [1.29, 1.82) is 0 Å². The number of carbonyl (C=O) groups excluding carboxylic acids is 2. The number of benzene rings is 1. The molecule has 0 bridgehead atoms. The standard InChI is InChI=1S/C22H24N4O3/c1-21(2)8-16-18(17(27)9-21)22(15-10-23-25-19(15)24-16)12-26(13-22)20(28)29-11-14-6-4-3-5-7-14/h3-7,24H,8-13H2,1-2H3. The van der Waals surface area contributed by atoms with Gasteiger partial charge < -0.3 is 15.0 Å². The van der Waals surface area contributed by atoms with E-state index in [1.54, 1.807) is 4.90 Å². The van der Waals surface area contributed by atoms with E-state index in [2.05, 4.69) is 29.4 Å². The predicted octanol–water partition coefficient (Wildman–Crippen LogP) is 3.55. The number of hydrogen-bond donors (Lipinski definition) is 1. The number of fused-ring (bicyclic) bond motifs is 2. The van der Waals surface area contributed by atoms with E-state index in [0.29, 0.717) is 26.1 Å². The third-order valence-electron chi connectivity index (χ3n) is 6.27. The quantitative estimate of drug-likeness (QED) is 0.834. The molecule has 0 aromatic heterocycles. The van der Waals surface area contributed by atoms with Crippen LogP contribution in [0.15, 0.2) is 63.2 Å². The monoisotopic (exact) mass is 392 g/mol.